The Bertz CT molecular complexity index is 1780. The topological polar surface area (TPSA) is 99.5 Å². The molecule has 0 unspecified atom stereocenters. The molecule has 3 aliphatic rings. The van der Waals surface area contributed by atoms with Crippen molar-refractivity contribution in [3.05, 3.63) is 114 Å². The SMILES string of the molecule is C[C@H]1[C@H](C(C)(C)O)[C@@H](CCO)O[C@]12C(=O)N(Cc1ccc(N3C(=O)c4ccccc4Oc4ccccc43)cc1)c1ccccc12. The normalized spacial score (nSPS) is 23.9. The first-order valence-electron chi connectivity index (χ1n) is 15.4. The maximum Gasteiger partial charge on any atom is 0.266 e. The van der Waals surface area contributed by atoms with Gasteiger partial charge in [-0.05, 0) is 68.3 Å². The molecule has 2 N–H and O–H groups in total. The summed E-state index contributed by atoms with van der Waals surface area (Å²) in [4.78, 5) is 31.7. The van der Waals surface area contributed by atoms with Crippen molar-refractivity contribution in [3.63, 3.8) is 0 Å². The molecule has 7 rings (SSSR count). The minimum absolute atomic E-state index is 0.104. The molecule has 8 heteroatoms. The molecule has 1 saturated heterocycles. The number of amides is 2. The van der Waals surface area contributed by atoms with Gasteiger partial charge in [0.2, 0.25) is 0 Å². The first-order valence-corrected chi connectivity index (χ1v) is 15.4. The Morgan fingerprint density at radius 3 is 2.20 bits per heavy atom. The van der Waals surface area contributed by atoms with Gasteiger partial charge < -0.3 is 24.6 Å². The summed E-state index contributed by atoms with van der Waals surface area (Å²) in [6.07, 6.45) is -0.157. The van der Waals surface area contributed by atoms with Crippen molar-refractivity contribution in [1.82, 2.24) is 0 Å². The van der Waals surface area contributed by atoms with Crippen LogP contribution in [0.5, 0.6) is 11.5 Å². The molecular weight excluding hydrogens is 568 g/mol. The maximum atomic E-state index is 14.5. The summed E-state index contributed by atoms with van der Waals surface area (Å²) in [5.41, 5.74) is 1.83. The van der Waals surface area contributed by atoms with Gasteiger partial charge in [-0.1, -0.05) is 61.5 Å². The molecule has 2 amide bonds. The van der Waals surface area contributed by atoms with Gasteiger partial charge >= 0.3 is 0 Å². The van der Waals surface area contributed by atoms with Crippen LogP contribution in [0.1, 0.15) is 48.7 Å². The number of hydrogen-bond donors (Lipinski definition) is 2. The van der Waals surface area contributed by atoms with Crippen molar-refractivity contribution in [1.29, 1.82) is 0 Å². The van der Waals surface area contributed by atoms with Gasteiger partial charge in [0.1, 0.15) is 5.75 Å². The van der Waals surface area contributed by atoms with Crippen LogP contribution in [-0.4, -0.2) is 40.3 Å². The molecule has 8 nitrogen and oxygen atoms in total. The van der Waals surface area contributed by atoms with Crippen LogP contribution in [0.15, 0.2) is 97.1 Å². The molecule has 3 aliphatic heterocycles. The number of nitrogens with zero attached hydrogens (tertiary/aromatic N) is 2. The Morgan fingerprint density at radius 1 is 0.844 bits per heavy atom. The van der Waals surface area contributed by atoms with E-state index in [0.29, 0.717) is 41.4 Å². The van der Waals surface area contributed by atoms with Gasteiger partial charge in [0, 0.05) is 29.7 Å². The van der Waals surface area contributed by atoms with E-state index in [1.807, 2.05) is 91.9 Å². The molecule has 0 aliphatic carbocycles. The minimum atomic E-state index is -1.27. The molecule has 4 aromatic carbocycles. The zero-order chi connectivity index (χ0) is 31.5. The van der Waals surface area contributed by atoms with Crippen molar-refractivity contribution in [3.8, 4) is 11.5 Å². The highest BCUT2D eigenvalue weighted by Gasteiger charge is 2.65. The maximum absolute atomic E-state index is 14.5. The first kappa shape index (κ1) is 29.2. The number of rotatable bonds is 6. The fraction of sp³-hybridized carbons (Fsp3) is 0.297. The molecule has 1 fully saturated rings. The summed E-state index contributed by atoms with van der Waals surface area (Å²) in [6, 6.07) is 30.0. The van der Waals surface area contributed by atoms with Crippen molar-refractivity contribution < 1.29 is 29.3 Å². The number of carbonyl (C=O) groups is 2. The second-order valence-electron chi connectivity index (χ2n) is 12.7. The molecule has 0 radical (unpaired) electrons. The van der Waals surface area contributed by atoms with Gasteiger partial charge in [0.05, 0.1) is 35.2 Å². The predicted octanol–water partition coefficient (Wildman–Crippen LogP) is 6.32. The van der Waals surface area contributed by atoms with Crippen LogP contribution in [0.2, 0.25) is 0 Å². The van der Waals surface area contributed by atoms with Crippen LogP contribution in [-0.2, 0) is 21.7 Å². The standard InChI is InChI=1S/C37H36N2O6/c1-23-33(36(2,3)43)32(20-21-40)45-37(23)27-11-5-6-12-28(27)38(35(37)42)22-24-16-18-25(19-17-24)39-29-13-7-9-15-31(29)44-30-14-8-4-10-26(30)34(39)41/h4-19,23,32-33,40,43H,20-22H2,1-3H3/t23-,32+,33-,37+/m0/s1. The number of fused-ring (bicyclic) bond motifs is 4. The molecule has 230 valence electrons. The summed E-state index contributed by atoms with van der Waals surface area (Å²) < 4.78 is 12.8. The number of para-hydroxylation sites is 4. The minimum Gasteiger partial charge on any atom is -0.454 e. The van der Waals surface area contributed by atoms with Crippen molar-refractivity contribution in [2.45, 2.75) is 51.0 Å². The zero-order valence-electron chi connectivity index (χ0n) is 25.5. The summed E-state index contributed by atoms with van der Waals surface area (Å²) in [7, 11) is 0. The predicted molar refractivity (Wildman–Crippen MR) is 171 cm³/mol. The average Bonchev–Trinajstić information content (AvgIpc) is 3.40. The fourth-order valence-corrected chi connectivity index (χ4v) is 7.58. The Balaban J connectivity index is 1.22. The number of anilines is 3. The van der Waals surface area contributed by atoms with E-state index < -0.39 is 17.3 Å². The van der Waals surface area contributed by atoms with Gasteiger partial charge in [0.25, 0.3) is 11.8 Å². The Morgan fingerprint density at radius 2 is 1.49 bits per heavy atom. The highest BCUT2D eigenvalue weighted by Crippen LogP contribution is 2.58. The van der Waals surface area contributed by atoms with E-state index in [0.717, 1.165) is 16.8 Å². The highest BCUT2D eigenvalue weighted by molar-refractivity contribution is 6.14. The third kappa shape index (κ3) is 4.55. The van der Waals surface area contributed by atoms with Gasteiger partial charge in [-0.25, -0.2) is 0 Å². The quantitative estimate of drug-likeness (QED) is 0.267. The Labute approximate surface area is 262 Å². The molecule has 4 atom stereocenters. The number of aliphatic hydroxyl groups is 2. The molecule has 4 aromatic rings. The Kier molecular flexibility index (Phi) is 7.04. The number of ether oxygens (including phenoxy) is 2. The second kappa shape index (κ2) is 10.8. The van der Waals surface area contributed by atoms with E-state index in [-0.39, 0.29) is 30.3 Å². The summed E-state index contributed by atoms with van der Waals surface area (Å²) in [5.74, 6) is 0.0170. The second-order valence-corrected chi connectivity index (χ2v) is 12.7. The highest BCUT2D eigenvalue weighted by atomic mass is 16.5. The third-order valence-electron chi connectivity index (χ3n) is 9.49. The van der Waals surface area contributed by atoms with Crippen LogP contribution < -0.4 is 14.5 Å². The smallest absolute Gasteiger partial charge is 0.266 e. The van der Waals surface area contributed by atoms with Crippen LogP contribution in [0, 0.1) is 11.8 Å². The number of aliphatic hydroxyl groups excluding tert-OH is 1. The van der Waals surface area contributed by atoms with Crippen molar-refractivity contribution in [2.24, 2.45) is 11.8 Å². The molecule has 45 heavy (non-hydrogen) atoms. The van der Waals surface area contributed by atoms with Gasteiger partial charge in [-0.3, -0.25) is 14.5 Å². The van der Waals surface area contributed by atoms with Crippen molar-refractivity contribution in [2.75, 3.05) is 16.4 Å². The monoisotopic (exact) mass is 604 g/mol. The van der Waals surface area contributed by atoms with E-state index in [2.05, 4.69) is 0 Å². The van der Waals surface area contributed by atoms with Crippen molar-refractivity contribution >= 4 is 28.9 Å². The largest absolute Gasteiger partial charge is 0.454 e. The Hall–Kier alpha value is -4.50. The fourth-order valence-electron chi connectivity index (χ4n) is 7.58. The number of carbonyl (C=O) groups excluding carboxylic acids is 2. The van der Waals surface area contributed by atoms with Gasteiger partial charge in [-0.2, -0.15) is 0 Å². The number of benzene rings is 4. The molecular formula is C37H36N2O6. The van der Waals surface area contributed by atoms with Crippen LogP contribution >= 0.6 is 0 Å². The lowest BCUT2D eigenvalue weighted by molar-refractivity contribution is -0.146. The van der Waals surface area contributed by atoms with E-state index >= 15 is 0 Å². The molecule has 3 heterocycles. The number of hydrogen-bond acceptors (Lipinski definition) is 6. The van der Waals surface area contributed by atoms with E-state index in [9.17, 15) is 19.8 Å². The third-order valence-corrected chi connectivity index (χ3v) is 9.49. The molecule has 1 spiro atoms. The summed E-state index contributed by atoms with van der Waals surface area (Å²) in [6.45, 7) is 5.63. The lowest BCUT2D eigenvalue weighted by atomic mass is 9.71. The van der Waals surface area contributed by atoms with Crippen LogP contribution in [0.3, 0.4) is 0 Å². The lowest BCUT2D eigenvalue weighted by Crippen LogP contribution is -2.46. The summed E-state index contributed by atoms with van der Waals surface area (Å²) in [5, 5.41) is 20.9. The molecule has 0 aromatic heterocycles. The van der Waals surface area contributed by atoms with E-state index in [1.54, 1.807) is 35.8 Å². The van der Waals surface area contributed by atoms with E-state index in [4.69, 9.17) is 9.47 Å². The molecule has 0 bridgehead atoms. The van der Waals surface area contributed by atoms with Gasteiger partial charge in [-0.15, -0.1) is 0 Å². The first-order chi connectivity index (χ1) is 21.6. The van der Waals surface area contributed by atoms with E-state index in [1.165, 1.54) is 0 Å². The van der Waals surface area contributed by atoms with Gasteiger partial charge in [0.15, 0.2) is 11.4 Å². The van der Waals surface area contributed by atoms with Crippen LogP contribution in [0.4, 0.5) is 17.1 Å². The molecule has 0 saturated carbocycles. The zero-order valence-corrected chi connectivity index (χ0v) is 25.5. The summed E-state index contributed by atoms with van der Waals surface area (Å²) >= 11 is 0. The lowest BCUT2D eigenvalue weighted by Gasteiger charge is -2.34. The average molecular weight is 605 g/mol. The van der Waals surface area contributed by atoms with Crippen LogP contribution in [0.25, 0.3) is 0 Å².